The Kier molecular flexibility index (Phi) is 3.99. The lowest BCUT2D eigenvalue weighted by molar-refractivity contribution is 0.247. The van der Waals surface area contributed by atoms with Gasteiger partial charge in [0.1, 0.15) is 0 Å². The van der Waals surface area contributed by atoms with Crippen LogP contribution in [-0.2, 0) is 8.85 Å². The molecule has 5 heteroatoms. The molecule has 0 rings (SSSR count). The first-order valence-corrected chi connectivity index (χ1v) is 5.24. The van der Waals surface area contributed by atoms with Gasteiger partial charge in [-0.25, -0.2) is 0 Å². The van der Waals surface area contributed by atoms with Gasteiger partial charge in [-0.15, -0.1) is 0 Å². The molecule has 0 spiro atoms. The van der Waals surface area contributed by atoms with Crippen molar-refractivity contribution in [3.63, 3.8) is 0 Å². The molecule has 0 bridgehead atoms. The highest BCUT2D eigenvalue weighted by Gasteiger charge is 2.27. The minimum absolute atomic E-state index is 0.611. The second-order valence-electron chi connectivity index (χ2n) is 1.92. The van der Waals surface area contributed by atoms with Gasteiger partial charge in [-0.05, 0) is 6.55 Å². The predicted octanol–water partition coefficient (Wildman–Crippen LogP) is -0.646. The van der Waals surface area contributed by atoms with E-state index in [1.54, 1.807) is 14.2 Å². The van der Waals surface area contributed by atoms with E-state index in [9.17, 15) is 0 Å². The highest BCUT2D eigenvalue weighted by Crippen LogP contribution is 2.00. The van der Waals surface area contributed by atoms with Crippen molar-refractivity contribution < 1.29 is 8.85 Å². The maximum Gasteiger partial charge on any atom is 0.350 e. The van der Waals surface area contributed by atoms with Crippen molar-refractivity contribution in [1.82, 2.24) is 5.43 Å². The molecule has 0 aromatic heterocycles. The first-order chi connectivity index (χ1) is 4.18. The van der Waals surface area contributed by atoms with Crippen LogP contribution in [-0.4, -0.2) is 28.9 Å². The molecule has 0 aliphatic carbocycles. The molecule has 0 saturated heterocycles. The van der Waals surface area contributed by atoms with Crippen LogP contribution in [0.25, 0.3) is 0 Å². The van der Waals surface area contributed by atoms with Crippen molar-refractivity contribution in [2.24, 2.45) is 5.84 Å². The molecule has 0 heterocycles. The zero-order valence-electron chi connectivity index (χ0n) is 6.10. The third kappa shape index (κ3) is 2.92. The van der Waals surface area contributed by atoms with Crippen molar-refractivity contribution in [1.29, 1.82) is 0 Å². The fourth-order valence-electron chi connectivity index (χ4n) is 0.413. The Morgan fingerprint density at radius 1 is 1.44 bits per heavy atom. The van der Waals surface area contributed by atoms with Crippen molar-refractivity contribution in [3.8, 4) is 0 Å². The minimum Gasteiger partial charge on any atom is -0.397 e. The van der Waals surface area contributed by atoms with Gasteiger partial charge in [-0.2, -0.15) is 0 Å². The molecular weight excluding hydrogens is 136 g/mol. The van der Waals surface area contributed by atoms with E-state index in [2.05, 4.69) is 5.43 Å². The SMILES string of the molecule is CO[Si](C)(CNN)OC. The molecular formula is C4H14N2O2Si. The average Bonchev–Trinajstić information content (AvgIpc) is 1.89. The fourth-order valence-corrected chi connectivity index (χ4v) is 1.24. The lowest BCUT2D eigenvalue weighted by atomic mass is 11.5. The van der Waals surface area contributed by atoms with Crippen LogP contribution in [0.2, 0.25) is 6.55 Å². The van der Waals surface area contributed by atoms with E-state index in [-0.39, 0.29) is 0 Å². The molecule has 0 fully saturated rings. The Bertz CT molecular complexity index is 77.0. The van der Waals surface area contributed by atoms with E-state index in [1.807, 2.05) is 6.55 Å². The summed E-state index contributed by atoms with van der Waals surface area (Å²) >= 11 is 0. The second kappa shape index (κ2) is 3.97. The summed E-state index contributed by atoms with van der Waals surface area (Å²) in [6, 6.07) is 0. The average molecular weight is 150 g/mol. The predicted molar refractivity (Wildman–Crippen MR) is 37.8 cm³/mol. The van der Waals surface area contributed by atoms with Crippen LogP contribution in [0.15, 0.2) is 0 Å². The summed E-state index contributed by atoms with van der Waals surface area (Å²) < 4.78 is 10.2. The van der Waals surface area contributed by atoms with Crippen LogP contribution in [0.3, 0.4) is 0 Å². The Balaban J connectivity index is 3.62. The maximum atomic E-state index is 5.10. The molecule has 4 nitrogen and oxygen atoms in total. The van der Waals surface area contributed by atoms with Gasteiger partial charge in [0, 0.05) is 14.2 Å². The molecule has 0 aliphatic heterocycles. The monoisotopic (exact) mass is 150 g/mol. The molecule has 9 heavy (non-hydrogen) atoms. The van der Waals surface area contributed by atoms with Crippen molar-refractivity contribution in [2.75, 3.05) is 20.4 Å². The van der Waals surface area contributed by atoms with Crippen molar-refractivity contribution in [3.05, 3.63) is 0 Å². The zero-order valence-corrected chi connectivity index (χ0v) is 7.10. The number of hydrazine groups is 1. The molecule has 0 unspecified atom stereocenters. The van der Waals surface area contributed by atoms with Gasteiger partial charge < -0.3 is 8.85 Å². The van der Waals surface area contributed by atoms with Crippen LogP contribution in [0, 0.1) is 0 Å². The Hall–Kier alpha value is 0.0569. The second-order valence-corrected chi connectivity index (χ2v) is 5.36. The molecule has 0 radical (unpaired) electrons. The molecule has 0 aliphatic rings. The number of rotatable bonds is 4. The first kappa shape index (κ1) is 9.06. The highest BCUT2D eigenvalue weighted by molar-refractivity contribution is 6.66. The van der Waals surface area contributed by atoms with Gasteiger partial charge >= 0.3 is 8.56 Å². The highest BCUT2D eigenvalue weighted by atomic mass is 28.4. The number of nitrogens with one attached hydrogen (secondary N) is 1. The van der Waals surface area contributed by atoms with Crippen LogP contribution in [0.1, 0.15) is 0 Å². The van der Waals surface area contributed by atoms with Crippen LogP contribution in [0.5, 0.6) is 0 Å². The molecule has 0 atom stereocenters. The number of hydrogen-bond acceptors (Lipinski definition) is 4. The molecule has 0 aromatic rings. The summed E-state index contributed by atoms with van der Waals surface area (Å²) in [7, 11) is 1.33. The van der Waals surface area contributed by atoms with Gasteiger partial charge in [0.2, 0.25) is 0 Å². The summed E-state index contributed by atoms with van der Waals surface area (Å²) in [5, 5.41) is 0. The molecule has 0 amide bonds. The van der Waals surface area contributed by atoms with Crippen LogP contribution in [0.4, 0.5) is 0 Å². The summed E-state index contributed by atoms with van der Waals surface area (Å²) in [4.78, 5) is 0. The zero-order chi connectivity index (χ0) is 7.33. The summed E-state index contributed by atoms with van der Waals surface area (Å²) in [6.07, 6.45) is 0.611. The molecule has 56 valence electrons. The van der Waals surface area contributed by atoms with Gasteiger partial charge in [-0.1, -0.05) is 0 Å². The van der Waals surface area contributed by atoms with Gasteiger partial charge in [0.05, 0.1) is 6.17 Å². The fraction of sp³-hybridized carbons (Fsp3) is 1.00. The third-order valence-electron chi connectivity index (χ3n) is 1.29. The Morgan fingerprint density at radius 2 is 1.89 bits per heavy atom. The minimum atomic E-state index is -1.93. The van der Waals surface area contributed by atoms with E-state index < -0.39 is 8.56 Å². The Labute approximate surface area is 56.5 Å². The van der Waals surface area contributed by atoms with Crippen LogP contribution < -0.4 is 11.3 Å². The molecule has 3 N–H and O–H groups in total. The standard InChI is InChI=1S/C4H14N2O2Si/c1-7-9(3,8-2)4-6-5/h6H,4-5H2,1-3H3. The lowest BCUT2D eigenvalue weighted by Gasteiger charge is -2.21. The van der Waals surface area contributed by atoms with Gasteiger partial charge in [-0.3, -0.25) is 11.3 Å². The van der Waals surface area contributed by atoms with Crippen molar-refractivity contribution >= 4 is 8.56 Å². The largest absolute Gasteiger partial charge is 0.397 e. The third-order valence-corrected chi connectivity index (χ3v) is 3.86. The van der Waals surface area contributed by atoms with E-state index in [1.165, 1.54) is 0 Å². The molecule has 0 aromatic carbocycles. The van der Waals surface area contributed by atoms with E-state index in [0.29, 0.717) is 6.17 Å². The normalized spacial score (nSPS) is 12.0. The first-order valence-electron chi connectivity index (χ1n) is 2.72. The van der Waals surface area contributed by atoms with Gasteiger partial charge in [0.15, 0.2) is 0 Å². The summed E-state index contributed by atoms with van der Waals surface area (Å²) in [5.74, 6) is 5.09. The van der Waals surface area contributed by atoms with E-state index >= 15 is 0 Å². The summed E-state index contributed by atoms with van der Waals surface area (Å²) in [6.45, 7) is 1.94. The van der Waals surface area contributed by atoms with E-state index in [4.69, 9.17) is 14.7 Å². The number of hydrogen-bond donors (Lipinski definition) is 2. The maximum absolute atomic E-state index is 5.10. The smallest absolute Gasteiger partial charge is 0.350 e. The topological polar surface area (TPSA) is 56.5 Å². The van der Waals surface area contributed by atoms with Crippen LogP contribution >= 0.6 is 0 Å². The quantitative estimate of drug-likeness (QED) is 0.318. The number of nitrogens with two attached hydrogens (primary N) is 1. The summed E-state index contributed by atoms with van der Waals surface area (Å²) in [5.41, 5.74) is 2.52. The van der Waals surface area contributed by atoms with Gasteiger partial charge in [0.25, 0.3) is 0 Å². The Morgan fingerprint density at radius 3 is 2.00 bits per heavy atom. The lowest BCUT2D eigenvalue weighted by Crippen LogP contribution is -2.49. The molecule has 0 saturated carbocycles. The van der Waals surface area contributed by atoms with Crippen molar-refractivity contribution in [2.45, 2.75) is 6.55 Å². The van der Waals surface area contributed by atoms with E-state index in [0.717, 1.165) is 0 Å².